The van der Waals surface area contributed by atoms with Gasteiger partial charge in [-0.25, -0.2) is 0 Å². The molecule has 0 aliphatic carbocycles. The van der Waals surface area contributed by atoms with Crippen LogP contribution >= 0.6 is 0 Å². The molecule has 0 fully saturated rings. The van der Waals surface area contributed by atoms with Crippen LogP contribution in [0.1, 0.15) is 28.3 Å². The number of amides is 1. The molecule has 0 aliphatic heterocycles. The fraction of sp³-hybridized carbons (Fsp3) is 0.0370. The van der Waals surface area contributed by atoms with Crippen molar-refractivity contribution in [2.24, 2.45) is 0 Å². The Bertz CT molecular complexity index is 1080. The molecule has 4 aromatic rings. The van der Waals surface area contributed by atoms with Gasteiger partial charge in [0.2, 0.25) is 5.91 Å². The van der Waals surface area contributed by atoms with E-state index in [0.29, 0.717) is 0 Å². The number of carbonyl (C=O) groups is 1. The molecule has 1 amide bonds. The number of carbonyl (C=O) groups excluding carboxylic acids is 1. The second kappa shape index (κ2) is 9.48. The molecule has 30 heavy (non-hydrogen) atoms. The number of pyridine rings is 1. The van der Waals surface area contributed by atoms with Crippen molar-refractivity contribution in [2.45, 2.75) is 5.92 Å². The molecule has 0 spiro atoms. The average Bonchev–Trinajstić information content (AvgIpc) is 2.80. The van der Waals surface area contributed by atoms with Gasteiger partial charge in [-0.15, -0.1) is 0 Å². The average molecular weight is 390 g/mol. The Morgan fingerprint density at radius 1 is 0.733 bits per heavy atom. The van der Waals surface area contributed by atoms with Crippen LogP contribution in [-0.2, 0) is 4.79 Å². The summed E-state index contributed by atoms with van der Waals surface area (Å²) in [6, 6.07) is 33.3. The van der Waals surface area contributed by atoms with E-state index in [1.54, 1.807) is 6.20 Å². The van der Waals surface area contributed by atoms with E-state index in [-0.39, 0.29) is 11.8 Å². The van der Waals surface area contributed by atoms with E-state index in [4.69, 9.17) is 0 Å². The lowest BCUT2D eigenvalue weighted by molar-refractivity contribution is -0.116. The second-order valence-corrected chi connectivity index (χ2v) is 6.96. The molecule has 4 rings (SSSR count). The van der Waals surface area contributed by atoms with Gasteiger partial charge in [0.1, 0.15) is 0 Å². The Morgan fingerprint density at radius 2 is 1.40 bits per heavy atom. The lowest BCUT2D eigenvalue weighted by Crippen LogP contribution is -2.22. The Hall–Kier alpha value is -3.98. The normalized spacial score (nSPS) is 11.0. The zero-order valence-electron chi connectivity index (χ0n) is 16.5. The van der Waals surface area contributed by atoms with Crippen LogP contribution in [0, 0.1) is 0 Å². The first-order valence-corrected chi connectivity index (χ1v) is 9.89. The summed E-state index contributed by atoms with van der Waals surface area (Å²) in [5, 5.41) is 3.09. The number of benzene rings is 3. The molecule has 3 nitrogen and oxygen atoms in total. The Morgan fingerprint density at radius 3 is 2.03 bits per heavy atom. The number of nitrogens with zero attached hydrogens (tertiary/aromatic N) is 1. The lowest BCUT2D eigenvalue weighted by Gasteiger charge is -2.18. The summed E-state index contributed by atoms with van der Waals surface area (Å²) in [6.45, 7) is 0. The maximum atomic E-state index is 13.3. The molecule has 1 aromatic heterocycles. The van der Waals surface area contributed by atoms with Crippen molar-refractivity contribution in [1.82, 2.24) is 4.98 Å². The van der Waals surface area contributed by atoms with Gasteiger partial charge in [-0.3, -0.25) is 9.78 Å². The summed E-state index contributed by atoms with van der Waals surface area (Å²) in [7, 11) is 0. The topological polar surface area (TPSA) is 42.0 Å². The Kier molecular flexibility index (Phi) is 6.11. The standard InChI is InChI=1S/C27H22N2O/c30-27(26(22-11-3-1-4-12-22)23-13-5-2-6-14-23)29-25-16-9-10-21(20-25)17-18-24-15-7-8-19-28-24/h1-20,26H,(H,29,30)/b18-17+. The lowest BCUT2D eigenvalue weighted by atomic mass is 9.90. The fourth-order valence-electron chi connectivity index (χ4n) is 3.38. The summed E-state index contributed by atoms with van der Waals surface area (Å²) in [5.74, 6) is -0.432. The number of hydrogen-bond donors (Lipinski definition) is 1. The number of rotatable bonds is 6. The second-order valence-electron chi connectivity index (χ2n) is 6.96. The SMILES string of the molecule is O=C(Nc1cccc(/C=C/c2ccccn2)c1)C(c1ccccc1)c1ccccc1. The van der Waals surface area contributed by atoms with E-state index in [9.17, 15) is 4.79 Å². The van der Waals surface area contributed by atoms with Gasteiger partial charge in [-0.2, -0.15) is 0 Å². The van der Waals surface area contributed by atoms with Gasteiger partial charge in [-0.05, 0) is 47.0 Å². The first kappa shape index (κ1) is 19.3. The molecule has 0 aliphatic rings. The third-order valence-electron chi connectivity index (χ3n) is 4.82. The molecule has 0 saturated heterocycles. The molecule has 0 radical (unpaired) electrons. The molecule has 0 saturated carbocycles. The molecule has 1 heterocycles. The molecule has 0 bridgehead atoms. The van der Waals surface area contributed by atoms with E-state index in [0.717, 1.165) is 28.1 Å². The van der Waals surface area contributed by atoms with Crippen molar-refractivity contribution in [3.63, 3.8) is 0 Å². The van der Waals surface area contributed by atoms with E-state index < -0.39 is 0 Å². The molecule has 0 atom stereocenters. The predicted octanol–water partition coefficient (Wildman–Crippen LogP) is 6.02. The van der Waals surface area contributed by atoms with Crippen LogP contribution < -0.4 is 5.32 Å². The summed E-state index contributed by atoms with van der Waals surface area (Å²) in [5.41, 5.74) is 4.58. The predicted molar refractivity (Wildman–Crippen MR) is 123 cm³/mol. The van der Waals surface area contributed by atoms with Crippen LogP contribution in [0.3, 0.4) is 0 Å². The van der Waals surface area contributed by atoms with Crippen molar-refractivity contribution in [1.29, 1.82) is 0 Å². The summed E-state index contributed by atoms with van der Waals surface area (Å²) < 4.78 is 0. The molecule has 1 N–H and O–H groups in total. The largest absolute Gasteiger partial charge is 0.325 e. The third-order valence-corrected chi connectivity index (χ3v) is 4.82. The zero-order valence-corrected chi connectivity index (χ0v) is 16.5. The maximum absolute atomic E-state index is 13.3. The minimum atomic E-state index is -0.375. The molecular formula is C27H22N2O. The first-order chi connectivity index (χ1) is 14.8. The number of hydrogen-bond acceptors (Lipinski definition) is 2. The molecule has 3 aromatic carbocycles. The van der Waals surface area contributed by atoms with Gasteiger partial charge in [0.05, 0.1) is 11.6 Å². The molecule has 146 valence electrons. The summed E-state index contributed by atoms with van der Waals surface area (Å²) in [6.07, 6.45) is 5.71. The van der Waals surface area contributed by atoms with Gasteiger partial charge >= 0.3 is 0 Å². The van der Waals surface area contributed by atoms with Crippen LogP contribution in [0.5, 0.6) is 0 Å². The van der Waals surface area contributed by atoms with Gasteiger partial charge < -0.3 is 5.32 Å². The van der Waals surface area contributed by atoms with E-state index in [1.165, 1.54) is 0 Å². The molecular weight excluding hydrogens is 368 g/mol. The van der Waals surface area contributed by atoms with Crippen molar-refractivity contribution in [3.05, 3.63) is 132 Å². The summed E-state index contributed by atoms with van der Waals surface area (Å²) in [4.78, 5) is 17.6. The quantitative estimate of drug-likeness (QED) is 0.437. The zero-order chi connectivity index (χ0) is 20.6. The van der Waals surface area contributed by atoms with Gasteiger partial charge in [0.15, 0.2) is 0 Å². The van der Waals surface area contributed by atoms with Gasteiger partial charge in [0.25, 0.3) is 0 Å². The molecule has 3 heteroatoms. The minimum absolute atomic E-state index is 0.0572. The fourth-order valence-corrected chi connectivity index (χ4v) is 3.38. The third kappa shape index (κ3) is 4.89. The monoisotopic (exact) mass is 390 g/mol. The smallest absolute Gasteiger partial charge is 0.236 e. The van der Waals surface area contributed by atoms with E-state index in [1.807, 2.05) is 115 Å². The highest BCUT2D eigenvalue weighted by atomic mass is 16.1. The Balaban J connectivity index is 1.56. The number of nitrogens with one attached hydrogen (secondary N) is 1. The van der Waals surface area contributed by atoms with Crippen LogP contribution in [0.2, 0.25) is 0 Å². The first-order valence-electron chi connectivity index (χ1n) is 9.89. The van der Waals surface area contributed by atoms with Crippen molar-refractivity contribution in [2.75, 3.05) is 5.32 Å². The van der Waals surface area contributed by atoms with Crippen LogP contribution in [-0.4, -0.2) is 10.9 Å². The molecule has 0 unspecified atom stereocenters. The highest BCUT2D eigenvalue weighted by molar-refractivity contribution is 5.98. The maximum Gasteiger partial charge on any atom is 0.236 e. The highest BCUT2D eigenvalue weighted by Gasteiger charge is 2.22. The van der Waals surface area contributed by atoms with E-state index >= 15 is 0 Å². The van der Waals surface area contributed by atoms with Crippen LogP contribution in [0.15, 0.2) is 109 Å². The van der Waals surface area contributed by atoms with Gasteiger partial charge in [-0.1, -0.05) is 84.9 Å². The van der Waals surface area contributed by atoms with Crippen molar-refractivity contribution < 1.29 is 4.79 Å². The van der Waals surface area contributed by atoms with Crippen molar-refractivity contribution in [3.8, 4) is 0 Å². The van der Waals surface area contributed by atoms with Crippen LogP contribution in [0.4, 0.5) is 5.69 Å². The van der Waals surface area contributed by atoms with Crippen molar-refractivity contribution >= 4 is 23.7 Å². The van der Waals surface area contributed by atoms with E-state index in [2.05, 4.69) is 10.3 Å². The summed E-state index contributed by atoms with van der Waals surface area (Å²) >= 11 is 0. The van der Waals surface area contributed by atoms with Crippen LogP contribution in [0.25, 0.3) is 12.2 Å². The number of aromatic nitrogens is 1. The number of anilines is 1. The van der Waals surface area contributed by atoms with Gasteiger partial charge in [0, 0.05) is 11.9 Å². The Labute approximate surface area is 176 Å². The minimum Gasteiger partial charge on any atom is -0.325 e. The highest BCUT2D eigenvalue weighted by Crippen LogP contribution is 2.26.